The van der Waals surface area contributed by atoms with Gasteiger partial charge in [-0.25, -0.2) is 0 Å². The first-order valence-corrected chi connectivity index (χ1v) is 8.20. The van der Waals surface area contributed by atoms with Crippen molar-refractivity contribution in [2.75, 3.05) is 13.2 Å². The molecule has 1 amide bonds. The summed E-state index contributed by atoms with van der Waals surface area (Å²) >= 11 is 0. The average molecular weight is 269 g/mol. The Morgan fingerprint density at radius 2 is 1.84 bits per heavy atom. The largest absolute Gasteiger partial charge is 0.394 e. The quantitative estimate of drug-likeness (QED) is 0.685. The smallest absolute Gasteiger partial charge is 0.222 e. The Hall–Kier alpha value is -0.570. The number of hydrogen-bond acceptors (Lipinski definition) is 2. The number of nitrogens with zero attached hydrogens (tertiary/aromatic N) is 1. The van der Waals surface area contributed by atoms with Crippen LogP contribution in [-0.4, -0.2) is 35.1 Å². The third-order valence-corrected chi connectivity index (χ3v) is 4.15. The van der Waals surface area contributed by atoms with Crippen LogP contribution in [0.1, 0.15) is 77.6 Å². The van der Waals surface area contributed by atoms with Crippen molar-refractivity contribution >= 4 is 5.91 Å². The van der Waals surface area contributed by atoms with Gasteiger partial charge in [-0.05, 0) is 19.3 Å². The molecule has 1 heterocycles. The first kappa shape index (κ1) is 16.5. The Balaban J connectivity index is 2.22. The topological polar surface area (TPSA) is 40.5 Å². The van der Waals surface area contributed by atoms with Crippen molar-refractivity contribution in [1.29, 1.82) is 0 Å². The van der Waals surface area contributed by atoms with Crippen LogP contribution in [0.2, 0.25) is 0 Å². The van der Waals surface area contributed by atoms with Crippen LogP contribution in [0.4, 0.5) is 0 Å². The zero-order valence-electron chi connectivity index (χ0n) is 12.6. The Morgan fingerprint density at radius 1 is 1.11 bits per heavy atom. The van der Waals surface area contributed by atoms with Crippen LogP contribution in [0.3, 0.4) is 0 Å². The fourth-order valence-electron chi connectivity index (χ4n) is 2.90. The lowest BCUT2D eigenvalue weighted by molar-refractivity contribution is -0.134. The van der Waals surface area contributed by atoms with E-state index in [9.17, 15) is 9.90 Å². The molecular formula is C16H31NO2. The Morgan fingerprint density at radius 3 is 2.58 bits per heavy atom. The van der Waals surface area contributed by atoms with Crippen molar-refractivity contribution in [2.45, 2.75) is 83.6 Å². The van der Waals surface area contributed by atoms with E-state index >= 15 is 0 Å². The van der Waals surface area contributed by atoms with Gasteiger partial charge < -0.3 is 10.0 Å². The minimum atomic E-state index is 0.0788. The second kappa shape index (κ2) is 10.2. The van der Waals surface area contributed by atoms with Crippen LogP contribution < -0.4 is 0 Å². The number of carbonyl (C=O) groups excluding carboxylic acids is 1. The third-order valence-electron chi connectivity index (χ3n) is 4.15. The number of rotatable bonds is 8. The number of aliphatic hydroxyl groups is 1. The molecule has 3 nitrogen and oxygen atoms in total. The van der Waals surface area contributed by atoms with E-state index in [1.807, 2.05) is 4.90 Å². The number of carbonyl (C=O) groups is 1. The summed E-state index contributed by atoms with van der Waals surface area (Å²) in [5.74, 6) is 0.261. The van der Waals surface area contributed by atoms with Crippen LogP contribution in [0, 0.1) is 0 Å². The summed E-state index contributed by atoms with van der Waals surface area (Å²) in [4.78, 5) is 14.2. The lowest BCUT2D eigenvalue weighted by Gasteiger charge is -2.28. The SMILES string of the molecule is CCCCCCCCC(=O)N1CCCCCC1CO. The Labute approximate surface area is 118 Å². The molecular weight excluding hydrogens is 238 g/mol. The maximum absolute atomic E-state index is 12.2. The van der Waals surface area contributed by atoms with Gasteiger partial charge in [0.05, 0.1) is 12.6 Å². The van der Waals surface area contributed by atoms with Crippen molar-refractivity contribution in [2.24, 2.45) is 0 Å². The van der Waals surface area contributed by atoms with E-state index in [-0.39, 0.29) is 18.6 Å². The summed E-state index contributed by atoms with van der Waals surface area (Å²) < 4.78 is 0. The molecule has 0 radical (unpaired) electrons. The fraction of sp³-hybridized carbons (Fsp3) is 0.938. The third kappa shape index (κ3) is 6.42. The molecule has 1 aliphatic heterocycles. The van der Waals surface area contributed by atoms with Gasteiger partial charge in [0.2, 0.25) is 5.91 Å². The van der Waals surface area contributed by atoms with E-state index in [2.05, 4.69) is 6.92 Å². The summed E-state index contributed by atoms with van der Waals surface area (Å²) in [5, 5.41) is 9.41. The molecule has 0 aromatic carbocycles. The van der Waals surface area contributed by atoms with Gasteiger partial charge in [-0.1, -0.05) is 51.9 Å². The molecule has 1 N–H and O–H groups in total. The van der Waals surface area contributed by atoms with Gasteiger partial charge >= 0.3 is 0 Å². The highest BCUT2D eigenvalue weighted by Crippen LogP contribution is 2.18. The molecule has 0 saturated carbocycles. The Bertz CT molecular complexity index is 243. The number of unbranched alkanes of at least 4 members (excludes halogenated alkanes) is 5. The zero-order valence-corrected chi connectivity index (χ0v) is 12.6. The van der Waals surface area contributed by atoms with E-state index in [1.165, 1.54) is 38.5 Å². The molecule has 0 spiro atoms. The van der Waals surface area contributed by atoms with Gasteiger partial charge in [-0.3, -0.25) is 4.79 Å². The molecule has 19 heavy (non-hydrogen) atoms. The zero-order chi connectivity index (χ0) is 13.9. The van der Waals surface area contributed by atoms with E-state index in [0.717, 1.165) is 32.2 Å². The summed E-state index contributed by atoms with van der Waals surface area (Å²) in [6.45, 7) is 3.19. The van der Waals surface area contributed by atoms with Crippen LogP contribution in [-0.2, 0) is 4.79 Å². The first-order chi connectivity index (χ1) is 9.29. The van der Waals surface area contributed by atoms with Crippen molar-refractivity contribution < 1.29 is 9.90 Å². The van der Waals surface area contributed by atoms with Gasteiger partial charge in [-0.2, -0.15) is 0 Å². The lowest BCUT2D eigenvalue weighted by atomic mass is 10.1. The second-order valence-electron chi connectivity index (χ2n) is 5.79. The molecule has 0 aromatic heterocycles. The highest BCUT2D eigenvalue weighted by Gasteiger charge is 2.23. The molecule has 1 rings (SSSR count). The fourth-order valence-corrected chi connectivity index (χ4v) is 2.90. The van der Waals surface area contributed by atoms with Gasteiger partial charge in [-0.15, -0.1) is 0 Å². The average Bonchev–Trinajstić information content (AvgIpc) is 2.67. The van der Waals surface area contributed by atoms with Gasteiger partial charge in [0.15, 0.2) is 0 Å². The first-order valence-electron chi connectivity index (χ1n) is 8.20. The molecule has 3 heteroatoms. The lowest BCUT2D eigenvalue weighted by Crippen LogP contribution is -2.41. The van der Waals surface area contributed by atoms with Crippen LogP contribution >= 0.6 is 0 Å². The van der Waals surface area contributed by atoms with Gasteiger partial charge in [0, 0.05) is 13.0 Å². The van der Waals surface area contributed by atoms with Crippen LogP contribution in [0.15, 0.2) is 0 Å². The normalized spacial score (nSPS) is 20.3. The highest BCUT2D eigenvalue weighted by molar-refractivity contribution is 5.76. The minimum absolute atomic E-state index is 0.0788. The maximum Gasteiger partial charge on any atom is 0.222 e. The molecule has 1 aliphatic rings. The van der Waals surface area contributed by atoms with Crippen LogP contribution in [0.5, 0.6) is 0 Å². The van der Waals surface area contributed by atoms with Crippen molar-refractivity contribution in [3.05, 3.63) is 0 Å². The standard InChI is InChI=1S/C16H31NO2/c1-2-3-4-5-6-9-12-16(19)17-13-10-7-8-11-15(17)14-18/h15,18H,2-14H2,1H3. The predicted molar refractivity (Wildman–Crippen MR) is 79.0 cm³/mol. The van der Waals surface area contributed by atoms with Gasteiger partial charge in [0.25, 0.3) is 0 Å². The Kier molecular flexibility index (Phi) is 8.89. The summed E-state index contributed by atoms with van der Waals surface area (Å²) in [7, 11) is 0. The molecule has 0 bridgehead atoms. The van der Waals surface area contributed by atoms with Crippen molar-refractivity contribution in [1.82, 2.24) is 4.90 Å². The molecule has 0 aliphatic carbocycles. The molecule has 1 atom stereocenters. The maximum atomic E-state index is 12.2. The van der Waals surface area contributed by atoms with E-state index in [4.69, 9.17) is 0 Å². The molecule has 112 valence electrons. The van der Waals surface area contributed by atoms with Crippen molar-refractivity contribution in [3.63, 3.8) is 0 Å². The highest BCUT2D eigenvalue weighted by atomic mass is 16.3. The molecule has 1 unspecified atom stereocenters. The van der Waals surface area contributed by atoms with Crippen LogP contribution in [0.25, 0.3) is 0 Å². The predicted octanol–water partition coefficient (Wildman–Crippen LogP) is 3.50. The number of aliphatic hydroxyl groups excluding tert-OH is 1. The summed E-state index contributed by atoms with van der Waals surface area (Å²) in [6, 6.07) is 0.0788. The molecule has 0 aromatic rings. The summed E-state index contributed by atoms with van der Waals surface area (Å²) in [6.07, 6.45) is 12.4. The van der Waals surface area contributed by atoms with Crippen molar-refractivity contribution in [3.8, 4) is 0 Å². The summed E-state index contributed by atoms with van der Waals surface area (Å²) in [5.41, 5.74) is 0. The minimum Gasteiger partial charge on any atom is -0.394 e. The van der Waals surface area contributed by atoms with E-state index in [1.54, 1.807) is 0 Å². The molecule has 1 fully saturated rings. The molecule has 1 saturated heterocycles. The second-order valence-corrected chi connectivity index (χ2v) is 5.79. The van der Waals surface area contributed by atoms with Gasteiger partial charge in [0.1, 0.15) is 0 Å². The van der Waals surface area contributed by atoms with E-state index in [0.29, 0.717) is 6.42 Å². The number of amides is 1. The number of likely N-dealkylation sites (tertiary alicyclic amines) is 1. The monoisotopic (exact) mass is 269 g/mol. The number of hydrogen-bond donors (Lipinski definition) is 1. The van der Waals surface area contributed by atoms with E-state index < -0.39 is 0 Å².